The molecular weight excluding hydrogens is 459 g/mol. The number of amides is 2. The van der Waals surface area contributed by atoms with E-state index in [-0.39, 0.29) is 24.3 Å². The van der Waals surface area contributed by atoms with Crippen molar-refractivity contribution in [2.24, 2.45) is 11.0 Å². The van der Waals surface area contributed by atoms with E-state index in [4.69, 9.17) is 23.2 Å². The summed E-state index contributed by atoms with van der Waals surface area (Å²) in [6.45, 7) is 8.34. The summed E-state index contributed by atoms with van der Waals surface area (Å²) in [7, 11) is 0. The Kier molecular flexibility index (Phi) is 10.9. The van der Waals surface area contributed by atoms with Crippen LogP contribution in [0, 0.1) is 12.8 Å². The molecule has 2 amide bonds. The average Bonchev–Trinajstić information content (AvgIpc) is 2.79. The molecule has 0 bridgehead atoms. The van der Waals surface area contributed by atoms with Gasteiger partial charge in [-0.3, -0.25) is 9.59 Å². The summed E-state index contributed by atoms with van der Waals surface area (Å²) in [5.41, 5.74) is 4.35. The number of anilines is 1. The Balaban J connectivity index is 0.000000265. The molecule has 2 N–H and O–H groups in total. The highest BCUT2D eigenvalue weighted by Crippen LogP contribution is 2.22. The van der Waals surface area contributed by atoms with E-state index in [1.165, 1.54) is 5.56 Å². The van der Waals surface area contributed by atoms with E-state index in [1.807, 2.05) is 42.2 Å². The van der Waals surface area contributed by atoms with Crippen molar-refractivity contribution in [2.75, 3.05) is 18.4 Å². The number of allylic oxidation sites excluding steroid dienone is 1. The Hall–Kier alpha value is -2.83. The van der Waals surface area contributed by atoms with Crippen molar-refractivity contribution in [3.8, 4) is 0 Å². The molecule has 4 rings (SSSR count). The van der Waals surface area contributed by atoms with Gasteiger partial charge in [0.2, 0.25) is 5.91 Å². The normalized spacial score (nSPS) is 16.5. The van der Waals surface area contributed by atoms with Gasteiger partial charge < -0.3 is 10.2 Å². The second-order valence-electron chi connectivity index (χ2n) is 7.67. The van der Waals surface area contributed by atoms with Crippen molar-refractivity contribution in [1.82, 2.24) is 10.3 Å². The van der Waals surface area contributed by atoms with Crippen LogP contribution >= 0.6 is 23.2 Å². The van der Waals surface area contributed by atoms with Gasteiger partial charge in [-0.15, -0.1) is 6.58 Å². The van der Waals surface area contributed by atoms with Crippen LogP contribution in [-0.4, -0.2) is 35.6 Å². The van der Waals surface area contributed by atoms with Crippen molar-refractivity contribution in [3.05, 3.63) is 76.8 Å². The van der Waals surface area contributed by atoms with Gasteiger partial charge in [0.25, 0.3) is 5.91 Å². The van der Waals surface area contributed by atoms with Gasteiger partial charge in [0.15, 0.2) is 0 Å². The smallest absolute Gasteiger partial charge is 0.259 e. The first-order valence-electron chi connectivity index (χ1n) is 10.8. The predicted octanol–water partition coefficient (Wildman–Crippen LogP) is 5.66. The summed E-state index contributed by atoms with van der Waals surface area (Å²) >= 11 is 11.5. The lowest BCUT2D eigenvalue weighted by atomic mass is 9.96. The number of hydrogen-bond donors (Lipinski definition) is 2. The first-order chi connectivity index (χ1) is 15.8. The summed E-state index contributed by atoms with van der Waals surface area (Å²) in [6.07, 6.45) is 4.37. The average molecular weight is 489 g/mol. The molecule has 1 fully saturated rings. The van der Waals surface area contributed by atoms with Crippen molar-refractivity contribution >= 4 is 46.5 Å². The van der Waals surface area contributed by atoms with Crippen molar-refractivity contribution in [2.45, 2.75) is 33.1 Å². The Labute approximate surface area is 205 Å². The van der Waals surface area contributed by atoms with Crippen LogP contribution in [0.4, 0.5) is 5.69 Å². The third-order valence-corrected chi connectivity index (χ3v) is 5.37. The van der Waals surface area contributed by atoms with Gasteiger partial charge in [-0.25, -0.2) is 5.43 Å². The minimum atomic E-state index is -0.158. The number of halogens is 2. The van der Waals surface area contributed by atoms with Crippen LogP contribution in [0.25, 0.3) is 0 Å². The topological polar surface area (TPSA) is 73.8 Å². The lowest BCUT2D eigenvalue weighted by Crippen LogP contribution is -2.51. The minimum absolute atomic E-state index is 0.0534. The molecule has 2 aromatic carbocycles. The summed E-state index contributed by atoms with van der Waals surface area (Å²) in [4.78, 5) is 25.5. The molecule has 2 aliphatic heterocycles. The summed E-state index contributed by atoms with van der Waals surface area (Å²) in [6, 6.07) is 14.8. The SMILES string of the molecule is C=CCC.Cc1cccc(Cl)c1.O=C1CN2CC(C(=O)Nc3cccc(Cl)c3)CCC2=NN1. The number of benzene rings is 2. The fraction of sp³-hybridized carbons (Fsp3) is 0.320. The monoisotopic (exact) mass is 488 g/mol. The maximum Gasteiger partial charge on any atom is 0.259 e. The van der Waals surface area contributed by atoms with Gasteiger partial charge in [-0.1, -0.05) is 54.4 Å². The number of rotatable bonds is 3. The van der Waals surface area contributed by atoms with Gasteiger partial charge in [0.05, 0.1) is 12.5 Å². The zero-order valence-corrected chi connectivity index (χ0v) is 20.5. The molecule has 0 aromatic heterocycles. The number of nitrogens with zero attached hydrogens (tertiary/aromatic N) is 2. The van der Waals surface area contributed by atoms with Crippen LogP contribution in [0.2, 0.25) is 10.0 Å². The first-order valence-corrected chi connectivity index (χ1v) is 11.6. The number of aryl methyl sites for hydroxylation is 1. The van der Waals surface area contributed by atoms with Crippen LogP contribution in [0.5, 0.6) is 0 Å². The van der Waals surface area contributed by atoms with Crippen LogP contribution < -0.4 is 10.7 Å². The van der Waals surface area contributed by atoms with Crippen molar-refractivity contribution < 1.29 is 9.59 Å². The van der Waals surface area contributed by atoms with E-state index in [9.17, 15) is 9.59 Å². The zero-order valence-electron chi connectivity index (χ0n) is 19.0. The molecule has 1 atom stereocenters. The molecular formula is C25H30Cl2N4O2. The highest BCUT2D eigenvalue weighted by atomic mass is 35.5. The van der Waals surface area contributed by atoms with Gasteiger partial charge in [0.1, 0.15) is 5.84 Å². The molecule has 176 valence electrons. The minimum Gasteiger partial charge on any atom is -0.348 e. The molecule has 33 heavy (non-hydrogen) atoms. The molecule has 0 aliphatic carbocycles. The summed E-state index contributed by atoms with van der Waals surface area (Å²) in [5, 5.41) is 8.28. The lowest BCUT2D eigenvalue weighted by molar-refractivity contribution is -0.124. The maximum atomic E-state index is 12.3. The molecule has 6 nitrogen and oxygen atoms in total. The number of nitrogens with one attached hydrogen (secondary N) is 2. The van der Waals surface area contributed by atoms with Gasteiger partial charge in [-0.05, 0) is 55.7 Å². The van der Waals surface area contributed by atoms with Crippen LogP contribution in [0.1, 0.15) is 31.7 Å². The van der Waals surface area contributed by atoms with E-state index >= 15 is 0 Å². The van der Waals surface area contributed by atoms with Crippen LogP contribution in [0.3, 0.4) is 0 Å². The Morgan fingerprint density at radius 1 is 1.24 bits per heavy atom. The Morgan fingerprint density at radius 3 is 2.48 bits per heavy atom. The molecule has 8 heteroatoms. The van der Waals surface area contributed by atoms with E-state index < -0.39 is 0 Å². The molecule has 2 aromatic rings. The third-order valence-electron chi connectivity index (χ3n) is 4.90. The number of carbonyl (C=O) groups excluding carboxylic acids is 2. The Morgan fingerprint density at radius 2 is 1.91 bits per heavy atom. The molecule has 0 spiro atoms. The lowest BCUT2D eigenvalue weighted by Gasteiger charge is -2.35. The molecule has 2 heterocycles. The second kappa shape index (κ2) is 13.7. The molecule has 0 saturated carbocycles. The van der Waals surface area contributed by atoms with Crippen LogP contribution in [-0.2, 0) is 9.59 Å². The van der Waals surface area contributed by atoms with Crippen molar-refractivity contribution in [3.63, 3.8) is 0 Å². The number of carbonyl (C=O) groups is 2. The van der Waals surface area contributed by atoms with E-state index in [1.54, 1.807) is 24.3 Å². The number of hydrazone groups is 1. The van der Waals surface area contributed by atoms with Gasteiger partial charge in [-0.2, -0.15) is 5.10 Å². The molecule has 0 radical (unpaired) electrons. The summed E-state index contributed by atoms with van der Waals surface area (Å²) in [5.74, 6) is 0.493. The second-order valence-corrected chi connectivity index (χ2v) is 8.55. The number of amidine groups is 1. The van der Waals surface area contributed by atoms with E-state index in [0.717, 1.165) is 23.7 Å². The maximum absolute atomic E-state index is 12.3. The fourth-order valence-electron chi connectivity index (χ4n) is 3.17. The third kappa shape index (κ3) is 9.28. The van der Waals surface area contributed by atoms with E-state index in [0.29, 0.717) is 23.7 Å². The standard InChI is InChI=1S/C14H15ClN4O2.C7H7Cl.C4H8/c15-10-2-1-3-11(6-10)16-14(21)9-4-5-12-17-18-13(20)8-19(12)7-9;1-6-3-2-4-7(8)5-6;1-3-4-2/h1-3,6,9H,4-5,7-8H2,(H,16,21)(H,18,20);2-5H,1H3;3H,1,4H2,2H3. The van der Waals surface area contributed by atoms with Crippen LogP contribution in [0.15, 0.2) is 66.3 Å². The van der Waals surface area contributed by atoms with Gasteiger partial charge in [0, 0.05) is 28.7 Å². The number of piperidine rings is 1. The molecule has 1 unspecified atom stereocenters. The van der Waals surface area contributed by atoms with Gasteiger partial charge >= 0.3 is 0 Å². The highest BCUT2D eigenvalue weighted by Gasteiger charge is 2.32. The number of hydrogen-bond acceptors (Lipinski definition) is 4. The molecule has 1 saturated heterocycles. The van der Waals surface area contributed by atoms with E-state index in [2.05, 4.69) is 29.3 Å². The predicted molar refractivity (Wildman–Crippen MR) is 137 cm³/mol. The summed E-state index contributed by atoms with van der Waals surface area (Å²) < 4.78 is 0. The first kappa shape index (κ1) is 26.4. The fourth-order valence-corrected chi connectivity index (χ4v) is 3.61. The van der Waals surface area contributed by atoms with Crippen molar-refractivity contribution in [1.29, 1.82) is 0 Å². The largest absolute Gasteiger partial charge is 0.348 e. The zero-order chi connectivity index (χ0) is 24.2. The number of fused-ring (bicyclic) bond motifs is 1. The highest BCUT2D eigenvalue weighted by molar-refractivity contribution is 6.31. The molecule has 2 aliphatic rings. The Bertz CT molecular complexity index is 977. The quantitative estimate of drug-likeness (QED) is 0.546.